The van der Waals surface area contributed by atoms with Crippen LogP contribution in [0.3, 0.4) is 0 Å². The molecule has 0 unspecified atom stereocenters. The second-order valence-electron chi connectivity index (χ2n) is 5.13. The van der Waals surface area contributed by atoms with Crippen LogP contribution in [-0.2, 0) is 0 Å². The molecule has 0 aliphatic rings. The number of carbonyl (C=O) groups excluding carboxylic acids is 1. The molecule has 0 aliphatic heterocycles. The van der Waals surface area contributed by atoms with Crippen LogP contribution in [0.25, 0.3) is 11.0 Å². The third-order valence-electron chi connectivity index (χ3n) is 3.44. The highest BCUT2D eigenvalue weighted by atomic mass is 79.9. The van der Waals surface area contributed by atoms with Crippen LogP contribution < -0.4 is 10.4 Å². The lowest BCUT2D eigenvalue weighted by atomic mass is 10.1. The molecule has 0 aliphatic carbocycles. The highest BCUT2D eigenvalue weighted by Crippen LogP contribution is 2.22. The molecule has 23 heavy (non-hydrogen) atoms. The maximum atomic E-state index is 12.1. The molecular formula is C18H13BrO4. The molecule has 4 nitrogen and oxygen atoms in total. The minimum atomic E-state index is -0.405. The second kappa shape index (κ2) is 6.38. The number of ether oxygens (including phenoxy) is 1. The van der Waals surface area contributed by atoms with Crippen LogP contribution in [0.15, 0.2) is 62.2 Å². The van der Waals surface area contributed by atoms with Gasteiger partial charge in [0.15, 0.2) is 12.4 Å². The summed E-state index contributed by atoms with van der Waals surface area (Å²) in [5.41, 5.74) is 1.45. The number of halogens is 1. The van der Waals surface area contributed by atoms with Crippen molar-refractivity contribution in [3.05, 3.63) is 74.6 Å². The van der Waals surface area contributed by atoms with Gasteiger partial charge in [0.25, 0.3) is 0 Å². The lowest BCUT2D eigenvalue weighted by molar-refractivity contribution is 0.0921. The topological polar surface area (TPSA) is 56.5 Å². The number of fused-ring (bicyclic) bond motifs is 1. The normalized spacial score (nSPS) is 10.7. The standard InChI is InChI=1S/C18H13BrO4/c1-11-7-18(21)23-17-9-14(5-6-15(11)17)22-10-16(20)12-3-2-4-13(19)8-12/h2-9H,10H2,1H3. The van der Waals surface area contributed by atoms with Crippen molar-refractivity contribution in [3.63, 3.8) is 0 Å². The van der Waals surface area contributed by atoms with Crippen molar-refractivity contribution >= 4 is 32.7 Å². The Hall–Kier alpha value is -2.40. The van der Waals surface area contributed by atoms with Crippen molar-refractivity contribution in [2.75, 3.05) is 6.61 Å². The number of hydrogen-bond acceptors (Lipinski definition) is 4. The van der Waals surface area contributed by atoms with E-state index in [1.807, 2.05) is 19.1 Å². The van der Waals surface area contributed by atoms with E-state index in [0.717, 1.165) is 15.4 Å². The number of carbonyl (C=O) groups is 1. The van der Waals surface area contributed by atoms with Crippen molar-refractivity contribution in [1.82, 2.24) is 0 Å². The Morgan fingerprint density at radius 3 is 2.78 bits per heavy atom. The zero-order chi connectivity index (χ0) is 16.4. The summed E-state index contributed by atoms with van der Waals surface area (Å²) in [6, 6.07) is 13.8. The Bertz CT molecular complexity index is 943. The molecule has 0 fully saturated rings. The van der Waals surface area contributed by atoms with Crippen LogP contribution >= 0.6 is 15.9 Å². The van der Waals surface area contributed by atoms with E-state index in [4.69, 9.17) is 9.15 Å². The fraction of sp³-hybridized carbons (Fsp3) is 0.111. The Kier molecular flexibility index (Phi) is 4.30. The van der Waals surface area contributed by atoms with Gasteiger partial charge in [0.05, 0.1) is 0 Å². The molecule has 0 saturated carbocycles. The molecule has 0 spiro atoms. The highest BCUT2D eigenvalue weighted by molar-refractivity contribution is 9.10. The lowest BCUT2D eigenvalue weighted by Gasteiger charge is -2.07. The summed E-state index contributed by atoms with van der Waals surface area (Å²) in [6.45, 7) is 1.76. The van der Waals surface area contributed by atoms with Crippen LogP contribution in [-0.4, -0.2) is 12.4 Å². The van der Waals surface area contributed by atoms with E-state index in [0.29, 0.717) is 16.9 Å². The number of ketones is 1. The van der Waals surface area contributed by atoms with Gasteiger partial charge in [-0.2, -0.15) is 0 Å². The predicted molar refractivity (Wildman–Crippen MR) is 91.2 cm³/mol. The maximum absolute atomic E-state index is 12.1. The highest BCUT2D eigenvalue weighted by Gasteiger charge is 2.09. The molecule has 0 atom stereocenters. The first kappa shape index (κ1) is 15.5. The number of rotatable bonds is 4. The Labute approximate surface area is 140 Å². The summed E-state index contributed by atoms with van der Waals surface area (Å²) in [6.07, 6.45) is 0. The number of aryl methyl sites for hydroxylation is 1. The first-order chi connectivity index (χ1) is 11.0. The van der Waals surface area contributed by atoms with Gasteiger partial charge in [-0.05, 0) is 36.8 Å². The first-order valence-corrected chi connectivity index (χ1v) is 7.78. The SMILES string of the molecule is Cc1cc(=O)oc2cc(OCC(=O)c3cccc(Br)c3)ccc12. The van der Waals surface area contributed by atoms with Gasteiger partial charge in [-0.25, -0.2) is 4.79 Å². The van der Waals surface area contributed by atoms with Gasteiger partial charge in [0.1, 0.15) is 11.3 Å². The minimum Gasteiger partial charge on any atom is -0.485 e. The van der Waals surface area contributed by atoms with Gasteiger partial charge in [0.2, 0.25) is 0 Å². The van der Waals surface area contributed by atoms with Crippen molar-refractivity contribution in [3.8, 4) is 5.75 Å². The lowest BCUT2D eigenvalue weighted by Crippen LogP contribution is -2.11. The van der Waals surface area contributed by atoms with Crippen LogP contribution in [0.2, 0.25) is 0 Å². The van der Waals surface area contributed by atoms with Crippen LogP contribution in [0.1, 0.15) is 15.9 Å². The molecule has 1 heterocycles. The van der Waals surface area contributed by atoms with Gasteiger partial charge in [-0.3, -0.25) is 4.79 Å². The average molecular weight is 373 g/mol. The molecule has 1 aromatic heterocycles. The van der Waals surface area contributed by atoms with Crippen molar-refractivity contribution in [1.29, 1.82) is 0 Å². The molecule has 0 saturated heterocycles. The van der Waals surface area contributed by atoms with Crippen molar-refractivity contribution < 1.29 is 13.9 Å². The molecule has 0 amide bonds. The van der Waals surface area contributed by atoms with E-state index in [1.54, 1.807) is 30.3 Å². The van der Waals surface area contributed by atoms with Gasteiger partial charge in [0, 0.05) is 27.6 Å². The van der Waals surface area contributed by atoms with Gasteiger partial charge < -0.3 is 9.15 Å². The minimum absolute atomic E-state index is 0.0853. The number of benzene rings is 2. The van der Waals surface area contributed by atoms with Crippen LogP contribution in [0.5, 0.6) is 5.75 Å². The van der Waals surface area contributed by atoms with Crippen LogP contribution in [0.4, 0.5) is 0 Å². The third-order valence-corrected chi connectivity index (χ3v) is 3.93. The monoisotopic (exact) mass is 372 g/mol. The summed E-state index contributed by atoms with van der Waals surface area (Å²) in [7, 11) is 0. The average Bonchev–Trinajstić information content (AvgIpc) is 2.52. The summed E-state index contributed by atoms with van der Waals surface area (Å²) >= 11 is 3.33. The maximum Gasteiger partial charge on any atom is 0.336 e. The quantitative estimate of drug-likeness (QED) is 0.510. The summed E-state index contributed by atoms with van der Waals surface area (Å²) in [4.78, 5) is 23.6. The van der Waals surface area contributed by atoms with Gasteiger partial charge >= 0.3 is 5.63 Å². The molecule has 0 N–H and O–H groups in total. The second-order valence-corrected chi connectivity index (χ2v) is 6.04. The molecule has 3 aromatic rings. The van der Waals surface area contributed by atoms with E-state index < -0.39 is 5.63 Å². The zero-order valence-corrected chi connectivity index (χ0v) is 13.9. The molecule has 116 valence electrons. The van der Waals surface area contributed by atoms with Gasteiger partial charge in [-0.1, -0.05) is 28.1 Å². The Balaban J connectivity index is 1.79. The number of Topliss-reactive ketones (excluding diaryl/α,β-unsaturated/α-hetero) is 1. The van der Waals surface area contributed by atoms with E-state index in [-0.39, 0.29) is 12.4 Å². The largest absolute Gasteiger partial charge is 0.485 e. The summed E-state index contributed by atoms with van der Waals surface area (Å²) in [5.74, 6) is 0.353. The molecule has 2 aromatic carbocycles. The molecule has 5 heteroatoms. The van der Waals surface area contributed by atoms with E-state index in [9.17, 15) is 9.59 Å². The van der Waals surface area contributed by atoms with E-state index >= 15 is 0 Å². The molecule has 0 bridgehead atoms. The molecule has 0 radical (unpaired) electrons. The van der Waals surface area contributed by atoms with E-state index in [2.05, 4.69) is 15.9 Å². The Morgan fingerprint density at radius 2 is 2.00 bits per heavy atom. The smallest absolute Gasteiger partial charge is 0.336 e. The van der Waals surface area contributed by atoms with Crippen LogP contribution in [0, 0.1) is 6.92 Å². The first-order valence-electron chi connectivity index (χ1n) is 6.99. The molecular weight excluding hydrogens is 360 g/mol. The van der Waals surface area contributed by atoms with Crippen molar-refractivity contribution in [2.45, 2.75) is 6.92 Å². The third kappa shape index (κ3) is 3.51. The fourth-order valence-corrected chi connectivity index (χ4v) is 2.69. The summed E-state index contributed by atoms with van der Waals surface area (Å²) in [5, 5.41) is 0.843. The predicted octanol–water partition coefficient (Wildman–Crippen LogP) is 4.13. The summed E-state index contributed by atoms with van der Waals surface area (Å²) < 4.78 is 11.5. The van der Waals surface area contributed by atoms with E-state index in [1.165, 1.54) is 6.07 Å². The van der Waals surface area contributed by atoms with Gasteiger partial charge in [-0.15, -0.1) is 0 Å². The zero-order valence-electron chi connectivity index (χ0n) is 12.3. The number of hydrogen-bond donors (Lipinski definition) is 0. The van der Waals surface area contributed by atoms with Crippen molar-refractivity contribution in [2.24, 2.45) is 0 Å². The fourth-order valence-electron chi connectivity index (χ4n) is 2.29. The molecule has 3 rings (SSSR count). The Morgan fingerprint density at radius 1 is 1.17 bits per heavy atom.